The zero-order chi connectivity index (χ0) is 21.8. The quantitative estimate of drug-likeness (QED) is 0.464. The van der Waals surface area contributed by atoms with Gasteiger partial charge < -0.3 is 31.7 Å². The van der Waals surface area contributed by atoms with Gasteiger partial charge in [-0.1, -0.05) is 12.1 Å². The Hall–Kier alpha value is -3.76. The van der Waals surface area contributed by atoms with Crippen LogP contribution < -0.4 is 27.0 Å². The van der Waals surface area contributed by atoms with E-state index in [0.29, 0.717) is 48.7 Å². The van der Waals surface area contributed by atoms with E-state index in [-0.39, 0.29) is 24.0 Å². The van der Waals surface area contributed by atoms with Crippen molar-refractivity contribution in [3.8, 4) is 0 Å². The summed E-state index contributed by atoms with van der Waals surface area (Å²) in [6.45, 7) is 2.50. The number of aromatic nitrogens is 2. The molecule has 2 heterocycles. The van der Waals surface area contributed by atoms with Crippen molar-refractivity contribution in [3.05, 3.63) is 48.2 Å². The molecule has 160 valence electrons. The lowest BCUT2D eigenvalue weighted by molar-refractivity contribution is -0.114. The largest absolute Gasteiger partial charge is 0.378 e. The Morgan fingerprint density at radius 2 is 1.77 bits per heavy atom. The Morgan fingerprint density at radius 1 is 1.06 bits per heavy atom. The molecule has 0 radical (unpaired) electrons. The summed E-state index contributed by atoms with van der Waals surface area (Å²) < 4.78 is 5.42. The van der Waals surface area contributed by atoms with Crippen LogP contribution in [0.5, 0.6) is 0 Å². The number of carbonyl (C=O) groups is 2. The third-order valence-corrected chi connectivity index (χ3v) is 4.87. The molecular formula is C21H23N7O3. The molecule has 0 unspecified atom stereocenters. The smallest absolute Gasteiger partial charge is 0.271 e. The summed E-state index contributed by atoms with van der Waals surface area (Å²) >= 11 is 0. The highest BCUT2D eigenvalue weighted by atomic mass is 16.5. The maximum atomic E-state index is 12.0. The zero-order valence-corrected chi connectivity index (χ0v) is 16.8. The number of hydrogen-bond donors (Lipinski definition) is 4. The van der Waals surface area contributed by atoms with E-state index < -0.39 is 5.91 Å². The number of primary amides is 1. The molecule has 0 atom stereocenters. The van der Waals surface area contributed by atoms with Crippen LogP contribution >= 0.6 is 0 Å². The van der Waals surface area contributed by atoms with E-state index in [4.69, 9.17) is 16.2 Å². The molecule has 0 aliphatic carbocycles. The van der Waals surface area contributed by atoms with E-state index in [1.165, 1.54) is 0 Å². The van der Waals surface area contributed by atoms with E-state index in [1.54, 1.807) is 18.2 Å². The molecule has 0 saturated carbocycles. The first-order valence-corrected chi connectivity index (χ1v) is 9.85. The first kappa shape index (κ1) is 20.5. The van der Waals surface area contributed by atoms with Gasteiger partial charge in [-0.25, -0.2) is 9.97 Å². The first-order chi connectivity index (χ1) is 15.0. The second-order valence-corrected chi connectivity index (χ2v) is 6.98. The second-order valence-electron chi connectivity index (χ2n) is 6.98. The average Bonchev–Trinajstić information content (AvgIpc) is 2.79. The standard InChI is InChI=1S/C21H23N7O3/c22-12-18(29)25-16-11-13(5-6-17(16)28-7-9-31-10-8-28)24-21-19(20(23)30)26-14-3-1-2-4-15(14)27-21/h1-6,11H,7-10,12,22H2,(H2,23,30)(H,24,27)(H,25,29). The topological polar surface area (TPSA) is 148 Å². The Labute approximate surface area is 178 Å². The number of benzene rings is 2. The number of amides is 2. The number of carbonyl (C=O) groups excluding carboxylic acids is 2. The Bertz CT molecular complexity index is 1130. The molecule has 0 bridgehead atoms. The molecule has 1 fully saturated rings. The second kappa shape index (κ2) is 8.94. The van der Waals surface area contributed by atoms with Gasteiger partial charge in [-0.3, -0.25) is 9.59 Å². The van der Waals surface area contributed by atoms with Gasteiger partial charge in [0.1, 0.15) is 0 Å². The Balaban J connectivity index is 1.71. The van der Waals surface area contributed by atoms with Gasteiger partial charge in [0.2, 0.25) is 5.91 Å². The maximum absolute atomic E-state index is 12.0. The summed E-state index contributed by atoms with van der Waals surface area (Å²) in [7, 11) is 0. The van der Waals surface area contributed by atoms with Gasteiger partial charge in [0.25, 0.3) is 5.91 Å². The molecule has 1 aromatic heterocycles. The van der Waals surface area contributed by atoms with Crippen molar-refractivity contribution in [1.82, 2.24) is 9.97 Å². The molecule has 3 aromatic rings. The van der Waals surface area contributed by atoms with E-state index in [2.05, 4.69) is 25.5 Å². The fourth-order valence-electron chi connectivity index (χ4n) is 3.39. The molecule has 1 aliphatic heterocycles. The van der Waals surface area contributed by atoms with Gasteiger partial charge in [-0.15, -0.1) is 0 Å². The number of anilines is 4. The molecule has 4 rings (SSSR count). The summed E-state index contributed by atoms with van der Waals surface area (Å²) in [5.74, 6) is -0.765. The van der Waals surface area contributed by atoms with Gasteiger partial charge >= 0.3 is 0 Å². The summed E-state index contributed by atoms with van der Waals surface area (Å²) in [6, 6.07) is 12.7. The summed E-state index contributed by atoms with van der Waals surface area (Å²) in [4.78, 5) is 34.9. The van der Waals surface area contributed by atoms with Crippen molar-refractivity contribution in [3.63, 3.8) is 0 Å². The Kier molecular flexibility index (Phi) is 5.92. The molecule has 2 amide bonds. The molecule has 31 heavy (non-hydrogen) atoms. The number of nitrogens with zero attached hydrogens (tertiary/aromatic N) is 3. The van der Waals surface area contributed by atoms with E-state index in [9.17, 15) is 9.59 Å². The van der Waals surface area contributed by atoms with Crippen LogP contribution in [-0.2, 0) is 9.53 Å². The van der Waals surface area contributed by atoms with Gasteiger partial charge in [0.15, 0.2) is 11.5 Å². The van der Waals surface area contributed by atoms with Crippen LogP contribution in [0, 0.1) is 0 Å². The zero-order valence-electron chi connectivity index (χ0n) is 16.8. The number of para-hydroxylation sites is 2. The van der Waals surface area contributed by atoms with Crippen LogP contribution in [0.4, 0.5) is 22.9 Å². The first-order valence-electron chi connectivity index (χ1n) is 9.85. The number of nitrogens with one attached hydrogen (secondary N) is 2. The lowest BCUT2D eigenvalue weighted by Gasteiger charge is -2.30. The van der Waals surface area contributed by atoms with Crippen molar-refractivity contribution in [1.29, 1.82) is 0 Å². The van der Waals surface area contributed by atoms with Crippen LogP contribution in [0.15, 0.2) is 42.5 Å². The number of ether oxygens (including phenoxy) is 1. The molecule has 10 nitrogen and oxygen atoms in total. The minimum absolute atomic E-state index is 0.0310. The van der Waals surface area contributed by atoms with Gasteiger partial charge in [-0.05, 0) is 30.3 Å². The monoisotopic (exact) mass is 421 g/mol. The van der Waals surface area contributed by atoms with E-state index in [1.807, 2.05) is 24.3 Å². The summed E-state index contributed by atoms with van der Waals surface area (Å²) in [5.41, 5.74) is 14.3. The number of nitrogens with two attached hydrogens (primary N) is 2. The molecule has 6 N–H and O–H groups in total. The van der Waals surface area contributed by atoms with Crippen molar-refractivity contribution in [2.45, 2.75) is 0 Å². The van der Waals surface area contributed by atoms with Crippen molar-refractivity contribution in [2.24, 2.45) is 11.5 Å². The van der Waals surface area contributed by atoms with Crippen LogP contribution in [0.2, 0.25) is 0 Å². The minimum Gasteiger partial charge on any atom is -0.378 e. The highest BCUT2D eigenvalue weighted by molar-refractivity contribution is 5.99. The number of fused-ring (bicyclic) bond motifs is 1. The highest BCUT2D eigenvalue weighted by Gasteiger charge is 2.18. The normalized spacial score (nSPS) is 13.8. The third kappa shape index (κ3) is 4.55. The van der Waals surface area contributed by atoms with Crippen molar-refractivity contribution >= 4 is 45.7 Å². The average molecular weight is 421 g/mol. The van der Waals surface area contributed by atoms with E-state index >= 15 is 0 Å². The summed E-state index contributed by atoms with van der Waals surface area (Å²) in [5, 5.41) is 5.94. The Morgan fingerprint density at radius 3 is 2.45 bits per heavy atom. The molecule has 10 heteroatoms. The fourth-order valence-corrected chi connectivity index (χ4v) is 3.39. The molecule has 2 aromatic carbocycles. The van der Waals surface area contributed by atoms with Gasteiger partial charge in [-0.2, -0.15) is 0 Å². The van der Waals surface area contributed by atoms with E-state index in [0.717, 1.165) is 5.69 Å². The van der Waals surface area contributed by atoms with Crippen LogP contribution in [0.3, 0.4) is 0 Å². The SMILES string of the molecule is NCC(=O)Nc1cc(Nc2nc3ccccc3nc2C(N)=O)ccc1N1CCOCC1. The fraction of sp³-hybridized carbons (Fsp3) is 0.238. The number of hydrogen-bond acceptors (Lipinski definition) is 8. The third-order valence-electron chi connectivity index (χ3n) is 4.87. The number of rotatable bonds is 6. The molecule has 1 saturated heterocycles. The molecule has 0 spiro atoms. The lowest BCUT2D eigenvalue weighted by atomic mass is 10.2. The van der Waals surface area contributed by atoms with Crippen molar-refractivity contribution in [2.75, 3.05) is 48.4 Å². The van der Waals surface area contributed by atoms with Crippen LogP contribution in [0.1, 0.15) is 10.5 Å². The highest BCUT2D eigenvalue weighted by Crippen LogP contribution is 2.31. The predicted octanol–water partition coefficient (Wildman–Crippen LogP) is 1.21. The molecular weight excluding hydrogens is 398 g/mol. The van der Waals surface area contributed by atoms with Crippen LogP contribution in [-0.4, -0.2) is 54.6 Å². The van der Waals surface area contributed by atoms with Gasteiger partial charge in [0.05, 0.1) is 42.2 Å². The molecule has 1 aliphatic rings. The van der Waals surface area contributed by atoms with Crippen molar-refractivity contribution < 1.29 is 14.3 Å². The number of morpholine rings is 1. The predicted molar refractivity (Wildman–Crippen MR) is 118 cm³/mol. The lowest BCUT2D eigenvalue weighted by Crippen LogP contribution is -2.37. The van der Waals surface area contributed by atoms with Crippen LogP contribution in [0.25, 0.3) is 11.0 Å². The van der Waals surface area contributed by atoms with Gasteiger partial charge in [0, 0.05) is 18.8 Å². The maximum Gasteiger partial charge on any atom is 0.271 e. The minimum atomic E-state index is -0.692. The summed E-state index contributed by atoms with van der Waals surface area (Å²) in [6.07, 6.45) is 0.